The van der Waals surface area contributed by atoms with Crippen molar-refractivity contribution in [2.75, 3.05) is 13.1 Å². The maximum absolute atomic E-state index is 12.9. The average Bonchev–Trinajstić information content (AvgIpc) is 3.10. The van der Waals surface area contributed by atoms with Crippen molar-refractivity contribution >= 4 is 37.5 Å². The minimum atomic E-state index is -3.56. The highest BCUT2D eigenvalue weighted by molar-refractivity contribution is 7.89. The number of nitrogens with zero attached hydrogens (tertiary/aromatic N) is 3. The molecule has 166 valence electrons. The summed E-state index contributed by atoms with van der Waals surface area (Å²) in [7, 11) is -3.56. The van der Waals surface area contributed by atoms with Crippen molar-refractivity contribution in [2.24, 2.45) is 10.9 Å². The molecular formula is C24H25N3O3S2. The Kier molecular flexibility index (Phi) is 6.33. The number of benzene rings is 2. The van der Waals surface area contributed by atoms with Gasteiger partial charge in [0.15, 0.2) is 4.80 Å². The zero-order valence-electron chi connectivity index (χ0n) is 18.1. The first-order chi connectivity index (χ1) is 15.3. The molecule has 4 rings (SSSR count). The summed E-state index contributed by atoms with van der Waals surface area (Å²) in [6, 6.07) is 12.0. The standard InChI is InChI=1S/C24H25N3O3S2/c1-4-13-27-21-12-7-17(2)15-22(21)31-24(27)25-23(28)19-8-10-20(11-9-19)32(29,30)26-14-5-6-18(3)16-26/h1,7-12,15,18H,5-6,13-14,16H2,2-3H3. The SMILES string of the molecule is C#CCn1c(=NC(=O)c2ccc(S(=O)(=O)N3CCCC(C)C3)cc2)sc2cc(C)ccc21. The van der Waals surface area contributed by atoms with Gasteiger partial charge in [-0.2, -0.15) is 9.30 Å². The molecule has 1 amide bonds. The fourth-order valence-corrected chi connectivity index (χ4v) is 6.67. The van der Waals surface area contributed by atoms with Crippen LogP contribution in [0.4, 0.5) is 0 Å². The van der Waals surface area contributed by atoms with Crippen molar-refractivity contribution in [3.8, 4) is 12.3 Å². The number of piperidine rings is 1. The van der Waals surface area contributed by atoms with Crippen molar-refractivity contribution in [3.63, 3.8) is 0 Å². The number of carbonyl (C=O) groups is 1. The summed E-state index contributed by atoms with van der Waals surface area (Å²) in [6.07, 6.45) is 7.43. The Bertz CT molecular complexity index is 1380. The van der Waals surface area contributed by atoms with Crippen molar-refractivity contribution in [2.45, 2.75) is 38.1 Å². The lowest BCUT2D eigenvalue weighted by Gasteiger charge is -2.30. The van der Waals surface area contributed by atoms with Crippen LogP contribution in [0.25, 0.3) is 10.2 Å². The Morgan fingerprint density at radius 2 is 2.00 bits per heavy atom. The largest absolute Gasteiger partial charge is 0.305 e. The van der Waals surface area contributed by atoms with Gasteiger partial charge in [0, 0.05) is 18.7 Å². The van der Waals surface area contributed by atoms with Crippen LogP contribution in [-0.4, -0.2) is 36.3 Å². The first-order valence-electron chi connectivity index (χ1n) is 10.5. The van der Waals surface area contributed by atoms with Crippen LogP contribution in [-0.2, 0) is 16.6 Å². The number of carbonyl (C=O) groups excluding carboxylic acids is 1. The van der Waals surface area contributed by atoms with Crippen molar-refractivity contribution in [3.05, 3.63) is 58.4 Å². The summed E-state index contributed by atoms with van der Waals surface area (Å²) >= 11 is 1.40. The molecule has 32 heavy (non-hydrogen) atoms. The number of aryl methyl sites for hydroxylation is 1. The number of thiazole rings is 1. The molecule has 0 bridgehead atoms. The Morgan fingerprint density at radius 3 is 2.69 bits per heavy atom. The Balaban J connectivity index is 1.64. The van der Waals surface area contributed by atoms with Crippen LogP contribution < -0.4 is 4.80 Å². The third kappa shape index (κ3) is 4.42. The van der Waals surface area contributed by atoms with Gasteiger partial charge in [-0.15, -0.1) is 6.42 Å². The molecule has 0 aliphatic carbocycles. The lowest BCUT2D eigenvalue weighted by molar-refractivity contribution is 0.0998. The number of amides is 1. The second-order valence-electron chi connectivity index (χ2n) is 8.20. The molecular weight excluding hydrogens is 442 g/mol. The maximum atomic E-state index is 12.9. The van der Waals surface area contributed by atoms with Gasteiger partial charge >= 0.3 is 0 Å². The van der Waals surface area contributed by atoms with Gasteiger partial charge in [0.1, 0.15) is 0 Å². The van der Waals surface area contributed by atoms with Crippen LogP contribution in [0.3, 0.4) is 0 Å². The molecule has 6 nitrogen and oxygen atoms in total. The van der Waals surface area contributed by atoms with Gasteiger partial charge in [-0.1, -0.05) is 30.2 Å². The minimum Gasteiger partial charge on any atom is -0.305 e. The smallest absolute Gasteiger partial charge is 0.279 e. The second kappa shape index (κ2) is 9.02. The van der Waals surface area contributed by atoms with Crippen LogP contribution in [0.15, 0.2) is 52.4 Å². The predicted molar refractivity (Wildman–Crippen MR) is 127 cm³/mol. The highest BCUT2D eigenvalue weighted by Crippen LogP contribution is 2.24. The molecule has 2 aromatic carbocycles. The normalized spacial score (nSPS) is 18.0. The van der Waals surface area contributed by atoms with Gasteiger partial charge in [-0.05, 0) is 67.6 Å². The summed E-state index contributed by atoms with van der Waals surface area (Å²) in [5.41, 5.74) is 2.38. The molecule has 0 spiro atoms. The van der Waals surface area contributed by atoms with E-state index in [4.69, 9.17) is 6.42 Å². The van der Waals surface area contributed by atoms with Gasteiger partial charge < -0.3 is 4.57 Å². The Hall–Kier alpha value is -2.73. The molecule has 0 N–H and O–H groups in total. The molecule has 8 heteroatoms. The second-order valence-corrected chi connectivity index (χ2v) is 11.1. The third-order valence-corrected chi connectivity index (χ3v) is 8.56. The van der Waals surface area contributed by atoms with E-state index in [1.54, 1.807) is 0 Å². The fourth-order valence-electron chi connectivity index (χ4n) is 3.94. The predicted octanol–water partition coefficient (Wildman–Crippen LogP) is 3.81. The molecule has 3 aromatic rings. The lowest BCUT2D eigenvalue weighted by atomic mass is 10.0. The topological polar surface area (TPSA) is 71.7 Å². The molecule has 1 aromatic heterocycles. The molecule has 1 atom stereocenters. The molecule has 1 saturated heterocycles. The summed E-state index contributed by atoms with van der Waals surface area (Å²) in [6.45, 7) is 5.43. The van der Waals surface area contributed by atoms with E-state index in [0.717, 1.165) is 28.6 Å². The van der Waals surface area contributed by atoms with E-state index in [9.17, 15) is 13.2 Å². The average molecular weight is 468 g/mol. The van der Waals surface area contributed by atoms with Crippen LogP contribution in [0.5, 0.6) is 0 Å². The summed E-state index contributed by atoms with van der Waals surface area (Å²) in [4.78, 5) is 17.8. The lowest BCUT2D eigenvalue weighted by Crippen LogP contribution is -2.39. The van der Waals surface area contributed by atoms with Gasteiger partial charge in [0.25, 0.3) is 5.91 Å². The number of sulfonamides is 1. The number of fused-ring (bicyclic) bond motifs is 1. The Labute approximate surface area is 192 Å². The van der Waals surface area contributed by atoms with Crippen LogP contribution >= 0.6 is 11.3 Å². The molecule has 1 unspecified atom stereocenters. The number of aromatic nitrogens is 1. The monoisotopic (exact) mass is 467 g/mol. The molecule has 2 heterocycles. The number of hydrogen-bond acceptors (Lipinski definition) is 4. The maximum Gasteiger partial charge on any atom is 0.279 e. The molecule has 0 saturated carbocycles. The molecule has 1 aliphatic heterocycles. The van der Waals surface area contributed by atoms with E-state index >= 15 is 0 Å². The summed E-state index contributed by atoms with van der Waals surface area (Å²) in [5.74, 6) is 2.53. The van der Waals surface area contributed by atoms with Gasteiger partial charge in [0.05, 0.1) is 21.7 Å². The first-order valence-corrected chi connectivity index (χ1v) is 12.8. The van der Waals surface area contributed by atoms with E-state index in [1.165, 1.54) is 39.9 Å². The van der Waals surface area contributed by atoms with Gasteiger partial charge in [0.2, 0.25) is 10.0 Å². The number of hydrogen-bond donors (Lipinski definition) is 0. The number of rotatable bonds is 4. The zero-order valence-corrected chi connectivity index (χ0v) is 19.7. The molecule has 1 fully saturated rings. The van der Waals surface area contributed by atoms with Crippen LogP contribution in [0.2, 0.25) is 0 Å². The van der Waals surface area contributed by atoms with Crippen LogP contribution in [0.1, 0.15) is 35.7 Å². The molecule has 0 radical (unpaired) electrons. The summed E-state index contributed by atoms with van der Waals surface area (Å²) < 4.78 is 30.3. The quantitative estimate of drug-likeness (QED) is 0.548. The summed E-state index contributed by atoms with van der Waals surface area (Å²) in [5, 5.41) is 0. The van der Waals surface area contributed by atoms with Crippen molar-refractivity contribution in [1.29, 1.82) is 0 Å². The van der Waals surface area contributed by atoms with Crippen molar-refractivity contribution < 1.29 is 13.2 Å². The van der Waals surface area contributed by atoms with E-state index in [1.807, 2.05) is 29.7 Å². The zero-order chi connectivity index (χ0) is 22.9. The van der Waals surface area contributed by atoms with Gasteiger partial charge in [-0.25, -0.2) is 8.42 Å². The van der Waals surface area contributed by atoms with E-state index in [0.29, 0.717) is 35.9 Å². The van der Waals surface area contributed by atoms with E-state index < -0.39 is 15.9 Å². The molecule has 1 aliphatic rings. The van der Waals surface area contributed by atoms with Gasteiger partial charge in [-0.3, -0.25) is 4.79 Å². The first kappa shape index (κ1) is 22.5. The highest BCUT2D eigenvalue weighted by atomic mass is 32.2. The highest BCUT2D eigenvalue weighted by Gasteiger charge is 2.28. The Morgan fingerprint density at radius 1 is 1.25 bits per heavy atom. The minimum absolute atomic E-state index is 0.197. The van der Waals surface area contributed by atoms with Crippen molar-refractivity contribution in [1.82, 2.24) is 8.87 Å². The third-order valence-electron chi connectivity index (χ3n) is 5.64. The van der Waals surface area contributed by atoms with E-state index in [-0.39, 0.29) is 4.90 Å². The fraction of sp³-hybridized carbons (Fsp3) is 0.333. The number of terminal acetylenes is 1. The van der Waals surface area contributed by atoms with E-state index in [2.05, 4.69) is 17.8 Å². The van der Waals surface area contributed by atoms with Crippen LogP contribution in [0, 0.1) is 25.2 Å².